The molecule has 3 N–H and O–H groups in total. The number of hydrogen-bond donors (Lipinski definition) is 3. The van der Waals surface area contributed by atoms with Crippen molar-refractivity contribution in [2.75, 3.05) is 18.0 Å². The molecular weight excluding hydrogens is 394 g/mol. The summed E-state index contributed by atoms with van der Waals surface area (Å²) in [5.74, 6) is -0.569. The van der Waals surface area contributed by atoms with Crippen molar-refractivity contribution in [3.05, 3.63) is 60.3 Å². The molecule has 0 bridgehead atoms. The maximum Gasteiger partial charge on any atom is 0.298 e. The van der Waals surface area contributed by atoms with Crippen LogP contribution in [0.3, 0.4) is 0 Å². The monoisotopic (exact) mass is 417 g/mol. The number of fused-ring (bicyclic) bond motifs is 2. The number of H-pyrrole nitrogens is 1. The predicted octanol–water partition coefficient (Wildman–Crippen LogP) is 2.92. The van der Waals surface area contributed by atoms with E-state index in [0.29, 0.717) is 31.9 Å². The van der Waals surface area contributed by atoms with Gasteiger partial charge in [0.1, 0.15) is 5.52 Å². The quantitative estimate of drug-likeness (QED) is 0.443. The van der Waals surface area contributed by atoms with Gasteiger partial charge in [-0.3, -0.25) is 20.4 Å². The zero-order valence-corrected chi connectivity index (χ0v) is 16.9. The lowest BCUT2D eigenvalue weighted by Crippen LogP contribution is -2.47. The number of carbonyl (C=O) groups is 2. The molecule has 0 saturated carbocycles. The van der Waals surface area contributed by atoms with Crippen LogP contribution in [0.1, 0.15) is 18.4 Å². The first-order valence-corrected chi connectivity index (χ1v) is 10.4. The maximum absolute atomic E-state index is 12.5. The molecule has 1 aliphatic heterocycles. The van der Waals surface area contributed by atoms with Gasteiger partial charge < -0.3 is 14.3 Å². The first kappa shape index (κ1) is 19.2. The minimum absolute atomic E-state index is 0.158. The summed E-state index contributed by atoms with van der Waals surface area (Å²) >= 11 is 0. The molecule has 0 atom stereocenters. The molecule has 4 aromatic rings. The van der Waals surface area contributed by atoms with Crippen molar-refractivity contribution < 1.29 is 14.0 Å². The normalized spacial score (nSPS) is 14.8. The van der Waals surface area contributed by atoms with Crippen LogP contribution in [-0.4, -0.2) is 34.9 Å². The van der Waals surface area contributed by atoms with Gasteiger partial charge in [-0.15, -0.1) is 0 Å². The Bertz CT molecular complexity index is 1200. The molecule has 31 heavy (non-hydrogen) atoms. The van der Waals surface area contributed by atoms with Crippen molar-refractivity contribution >= 4 is 39.8 Å². The third kappa shape index (κ3) is 3.96. The van der Waals surface area contributed by atoms with E-state index in [0.717, 1.165) is 27.6 Å². The highest BCUT2D eigenvalue weighted by Gasteiger charge is 2.27. The van der Waals surface area contributed by atoms with E-state index in [1.54, 1.807) is 0 Å². The number of nitrogens with one attached hydrogen (secondary N) is 3. The molecule has 0 radical (unpaired) electrons. The number of oxazole rings is 1. The summed E-state index contributed by atoms with van der Waals surface area (Å²) in [6.07, 6.45) is 3.36. The summed E-state index contributed by atoms with van der Waals surface area (Å²) in [6.45, 7) is 1.35. The van der Waals surface area contributed by atoms with Gasteiger partial charge in [-0.25, -0.2) is 0 Å². The van der Waals surface area contributed by atoms with Crippen LogP contribution in [0.15, 0.2) is 59.1 Å². The van der Waals surface area contributed by atoms with E-state index < -0.39 is 0 Å². The van der Waals surface area contributed by atoms with Crippen LogP contribution in [0.5, 0.6) is 0 Å². The number of piperidine rings is 1. The third-order valence-corrected chi connectivity index (χ3v) is 5.77. The Hall–Kier alpha value is -3.81. The number of amides is 2. The zero-order chi connectivity index (χ0) is 21.2. The Balaban J connectivity index is 1.12. The number of rotatable bonds is 4. The van der Waals surface area contributed by atoms with Gasteiger partial charge in [-0.05, 0) is 36.6 Å². The van der Waals surface area contributed by atoms with Gasteiger partial charge in [0.2, 0.25) is 11.8 Å². The van der Waals surface area contributed by atoms with Gasteiger partial charge in [0.05, 0.1) is 6.42 Å². The van der Waals surface area contributed by atoms with E-state index >= 15 is 0 Å². The van der Waals surface area contributed by atoms with Crippen molar-refractivity contribution in [2.24, 2.45) is 5.92 Å². The van der Waals surface area contributed by atoms with Crippen LogP contribution < -0.4 is 15.8 Å². The van der Waals surface area contributed by atoms with Crippen molar-refractivity contribution in [1.29, 1.82) is 0 Å². The molecule has 0 spiro atoms. The zero-order valence-electron chi connectivity index (χ0n) is 16.9. The van der Waals surface area contributed by atoms with Gasteiger partial charge in [-0.2, -0.15) is 4.98 Å². The molecule has 2 aromatic heterocycles. The Morgan fingerprint density at radius 3 is 2.68 bits per heavy atom. The highest BCUT2D eigenvalue weighted by molar-refractivity contribution is 5.90. The Morgan fingerprint density at radius 1 is 1.06 bits per heavy atom. The molecule has 8 heteroatoms. The number of aromatic amines is 1. The lowest BCUT2D eigenvalue weighted by molar-refractivity contribution is -0.131. The number of para-hydroxylation sites is 3. The fraction of sp³-hybridized carbons (Fsp3) is 0.261. The summed E-state index contributed by atoms with van der Waals surface area (Å²) < 4.78 is 5.82. The molecule has 0 unspecified atom stereocenters. The smallest absolute Gasteiger partial charge is 0.298 e. The lowest BCUT2D eigenvalue weighted by atomic mass is 9.96. The maximum atomic E-state index is 12.5. The standard InChI is InChI=1S/C23H23N5O3/c29-21(13-16-14-24-18-6-2-1-5-17(16)18)26-27-22(30)15-9-11-28(12-10-15)23-25-19-7-3-4-8-20(19)31-23/h1-8,14-15,24H,9-13H2,(H,26,29)(H,27,30). The molecule has 8 nitrogen and oxygen atoms in total. The van der Waals surface area contributed by atoms with E-state index in [-0.39, 0.29) is 24.2 Å². The number of hydrazine groups is 1. The van der Waals surface area contributed by atoms with Crippen molar-refractivity contribution in [2.45, 2.75) is 19.3 Å². The van der Waals surface area contributed by atoms with Crippen LogP contribution in [-0.2, 0) is 16.0 Å². The Labute approximate surface area is 178 Å². The molecular formula is C23H23N5O3. The molecule has 158 valence electrons. The largest absolute Gasteiger partial charge is 0.423 e. The molecule has 1 saturated heterocycles. The van der Waals surface area contributed by atoms with E-state index in [9.17, 15) is 9.59 Å². The SMILES string of the molecule is O=C(Cc1c[nH]c2ccccc12)NNC(=O)C1CCN(c2nc3ccccc3o2)CC1. The van der Waals surface area contributed by atoms with Gasteiger partial charge in [-0.1, -0.05) is 30.3 Å². The number of anilines is 1. The minimum Gasteiger partial charge on any atom is -0.423 e. The summed E-state index contributed by atoms with van der Waals surface area (Å²) in [7, 11) is 0. The van der Waals surface area contributed by atoms with Crippen molar-refractivity contribution in [3.63, 3.8) is 0 Å². The lowest BCUT2D eigenvalue weighted by Gasteiger charge is -2.30. The molecule has 1 fully saturated rings. The van der Waals surface area contributed by atoms with E-state index in [2.05, 4.69) is 25.7 Å². The molecule has 3 heterocycles. The molecule has 1 aliphatic rings. The van der Waals surface area contributed by atoms with Crippen LogP contribution in [0.4, 0.5) is 6.01 Å². The summed E-state index contributed by atoms with van der Waals surface area (Å²) in [5, 5.41) is 1.01. The van der Waals surface area contributed by atoms with Gasteiger partial charge in [0.15, 0.2) is 5.58 Å². The highest BCUT2D eigenvalue weighted by atomic mass is 16.4. The van der Waals surface area contributed by atoms with Crippen LogP contribution in [0.25, 0.3) is 22.0 Å². The summed E-state index contributed by atoms with van der Waals surface area (Å²) in [6, 6.07) is 16.1. The number of benzene rings is 2. The third-order valence-electron chi connectivity index (χ3n) is 5.77. The topological polar surface area (TPSA) is 103 Å². The Morgan fingerprint density at radius 2 is 1.84 bits per heavy atom. The number of nitrogens with zero attached hydrogens (tertiary/aromatic N) is 2. The number of hydrogen-bond acceptors (Lipinski definition) is 5. The first-order valence-electron chi connectivity index (χ1n) is 10.4. The fourth-order valence-corrected chi connectivity index (χ4v) is 4.06. The predicted molar refractivity (Wildman–Crippen MR) is 117 cm³/mol. The van der Waals surface area contributed by atoms with Gasteiger partial charge in [0.25, 0.3) is 6.01 Å². The summed E-state index contributed by atoms with van der Waals surface area (Å²) in [4.78, 5) is 34.5. The second-order valence-electron chi connectivity index (χ2n) is 7.80. The second-order valence-corrected chi connectivity index (χ2v) is 7.80. The van der Waals surface area contributed by atoms with Gasteiger partial charge in [0, 0.05) is 36.1 Å². The number of aromatic nitrogens is 2. The fourth-order valence-electron chi connectivity index (χ4n) is 4.06. The van der Waals surface area contributed by atoms with Crippen LogP contribution in [0, 0.1) is 5.92 Å². The van der Waals surface area contributed by atoms with E-state index in [4.69, 9.17) is 4.42 Å². The van der Waals surface area contributed by atoms with Gasteiger partial charge >= 0.3 is 0 Å². The average Bonchev–Trinajstić information content (AvgIpc) is 3.42. The average molecular weight is 417 g/mol. The molecule has 5 rings (SSSR count). The first-order chi connectivity index (χ1) is 15.2. The summed E-state index contributed by atoms with van der Waals surface area (Å²) in [5.41, 5.74) is 8.60. The van der Waals surface area contributed by atoms with Crippen molar-refractivity contribution in [3.8, 4) is 0 Å². The molecule has 0 aliphatic carbocycles. The second kappa shape index (κ2) is 8.14. The van der Waals surface area contributed by atoms with E-state index in [1.165, 1.54) is 0 Å². The minimum atomic E-state index is -0.248. The highest BCUT2D eigenvalue weighted by Crippen LogP contribution is 2.26. The molecule has 2 amide bonds. The van der Waals surface area contributed by atoms with E-state index in [1.807, 2.05) is 54.7 Å². The Kier molecular flexibility index (Phi) is 5.03. The van der Waals surface area contributed by atoms with Crippen LogP contribution in [0.2, 0.25) is 0 Å². The van der Waals surface area contributed by atoms with Crippen LogP contribution >= 0.6 is 0 Å². The molecule has 2 aromatic carbocycles. The van der Waals surface area contributed by atoms with Crippen molar-refractivity contribution in [1.82, 2.24) is 20.8 Å². The number of carbonyl (C=O) groups excluding carboxylic acids is 2.